The molecule has 3 aromatic rings. The zero-order chi connectivity index (χ0) is 24.0. The molecule has 0 saturated heterocycles. The summed E-state index contributed by atoms with van der Waals surface area (Å²) in [5.74, 6) is -0.436. The number of aromatic nitrogens is 1. The molecule has 34 heavy (non-hydrogen) atoms. The Hall–Kier alpha value is -1.89. The van der Waals surface area contributed by atoms with Gasteiger partial charge in [0, 0.05) is 24.9 Å². The summed E-state index contributed by atoms with van der Waals surface area (Å²) in [5.41, 5.74) is 10.8. The summed E-state index contributed by atoms with van der Waals surface area (Å²) in [5, 5.41) is -0.169. The summed E-state index contributed by atoms with van der Waals surface area (Å²) in [6.07, 6.45) is 5.67. The van der Waals surface area contributed by atoms with Gasteiger partial charge in [-0.3, -0.25) is 4.79 Å². The number of nitrogens with two attached hydrogens (primary N) is 1. The maximum Gasteiger partial charge on any atom is 2.00 e. The van der Waals surface area contributed by atoms with Crippen LogP contribution in [0.5, 0.6) is 0 Å². The van der Waals surface area contributed by atoms with Crippen LogP contribution in [-0.2, 0) is 41.6 Å². The summed E-state index contributed by atoms with van der Waals surface area (Å²) < 4.78 is 14.2. The number of nitrogens with zero attached hydrogens (tertiary/aromatic N) is 1. The van der Waals surface area contributed by atoms with Gasteiger partial charge in [-0.1, -0.05) is 68.8 Å². The number of carbonyl (C=O) groups excluding carboxylic acids is 1. The Labute approximate surface area is 217 Å². The predicted octanol–water partition coefficient (Wildman–Crippen LogP) is 2.22. The van der Waals surface area contributed by atoms with Gasteiger partial charge in [0.05, 0.1) is 6.42 Å². The molecular weight excluding hydrogens is 460 g/mol. The molecule has 0 fully saturated rings. The summed E-state index contributed by atoms with van der Waals surface area (Å²) >= 11 is 0. The number of unbranched alkanes of at least 4 members (excludes halogenated alkanes) is 1. The van der Waals surface area contributed by atoms with Crippen molar-refractivity contribution >= 4 is 41.9 Å². The third-order valence-electron chi connectivity index (χ3n) is 6.00. The minimum Gasteiger partial charge on any atom is -0.807 e. The van der Waals surface area contributed by atoms with Gasteiger partial charge in [0.15, 0.2) is 0 Å². The average Bonchev–Trinajstić information content (AvgIpc) is 3.07. The van der Waals surface area contributed by atoms with E-state index in [0.29, 0.717) is 18.5 Å². The molecule has 2 N–H and O–H groups in total. The zero-order valence-corrected chi connectivity index (χ0v) is 22.3. The van der Waals surface area contributed by atoms with Gasteiger partial charge in [-0.2, -0.15) is 0 Å². The van der Waals surface area contributed by atoms with E-state index < -0.39 is 13.5 Å². The number of amides is 1. The summed E-state index contributed by atoms with van der Waals surface area (Å²) in [6.45, 7) is 4.68. The first-order chi connectivity index (χ1) is 15.7. The van der Waals surface area contributed by atoms with Crippen LogP contribution in [0.3, 0.4) is 0 Å². The van der Waals surface area contributed by atoms with Gasteiger partial charge in [0.2, 0.25) is 5.91 Å². The molecule has 1 aromatic heterocycles. The molecular formula is C26H31MgN2O4P. The van der Waals surface area contributed by atoms with Crippen LogP contribution in [0.1, 0.15) is 60.2 Å². The Kier molecular flexibility index (Phi) is 10.6. The van der Waals surface area contributed by atoms with Gasteiger partial charge < -0.3 is 24.7 Å². The maximum atomic E-state index is 12.0. The van der Waals surface area contributed by atoms with E-state index in [9.17, 15) is 19.1 Å². The van der Waals surface area contributed by atoms with E-state index in [2.05, 4.69) is 11.5 Å². The molecule has 1 amide bonds. The molecule has 1 heterocycles. The number of carbonyl (C=O) groups is 1. The molecule has 0 aliphatic heterocycles. The minimum absolute atomic E-state index is 0. The molecule has 0 bridgehead atoms. The Balaban J connectivity index is 0.00000408. The number of aryl methyl sites for hydroxylation is 1. The van der Waals surface area contributed by atoms with Crippen LogP contribution in [0.15, 0.2) is 54.7 Å². The maximum absolute atomic E-state index is 12.0. The van der Waals surface area contributed by atoms with E-state index in [1.54, 1.807) is 6.07 Å². The Morgan fingerprint density at radius 2 is 1.71 bits per heavy atom. The largest absolute Gasteiger partial charge is 2.00 e. The Morgan fingerprint density at radius 3 is 2.29 bits per heavy atom. The number of hydrogen-bond donors (Lipinski definition) is 1. The number of benzene rings is 2. The summed E-state index contributed by atoms with van der Waals surface area (Å²) in [6, 6.07) is 14.9. The van der Waals surface area contributed by atoms with Gasteiger partial charge in [-0.15, -0.1) is 0 Å². The van der Waals surface area contributed by atoms with E-state index in [1.165, 1.54) is 6.07 Å². The standard InChI is InChI=1S/C26H33N2O4P.Mg/c1-3-5-13-24-22(16-26(27)29)21(18-28(24)17-19-10-7-6-8-11-19)15-23-20(4-2)12-9-14-25(23)33(30,31)32;/h6-12,14,18H,3-5,13,15-17H2,1-2H3,(H2,27,29)(H2,30,31,32);/q;+2/p-2. The van der Waals surface area contributed by atoms with E-state index in [-0.39, 0.29) is 41.2 Å². The normalized spacial score (nSPS) is 11.3. The van der Waals surface area contributed by atoms with Crippen molar-refractivity contribution in [3.05, 3.63) is 88.2 Å². The average molecular weight is 491 g/mol. The van der Waals surface area contributed by atoms with Crippen molar-refractivity contribution in [2.24, 2.45) is 5.73 Å². The molecule has 0 spiro atoms. The topological polar surface area (TPSA) is 111 Å². The summed E-state index contributed by atoms with van der Waals surface area (Å²) in [7, 11) is -4.95. The van der Waals surface area contributed by atoms with Gasteiger partial charge in [-0.05, 0) is 60.0 Å². The second-order valence-electron chi connectivity index (χ2n) is 8.38. The fourth-order valence-corrected chi connectivity index (χ4v) is 5.23. The molecule has 0 aliphatic rings. The van der Waals surface area contributed by atoms with Crippen LogP contribution in [0, 0.1) is 0 Å². The first kappa shape index (κ1) is 28.3. The van der Waals surface area contributed by atoms with Gasteiger partial charge >= 0.3 is 23.1 Å². The van der Waals surface area contributed by atoms with Crippen molar-refractivity contribution in [3.8, 4) is 0 Å². The first-order valence-electron chi connectivity index (χ1n) is 11.4. The number of hydrogen-bond acceptors (Lipinski definition) is 4. The number of primary amides is 1. The fraction of sp³-hybridized carbons (Fsp3) is 0.346. The van der Waals surface area contributed by atoms with Gasteiger partial charge in [0.1, 0.15) is 0 Å². The summed E-state index contributed by atoms with van der Waals surface area (Å²) in [4.78, 5) is 36.0. The van der Waals surface area contributed by atoms with Crippen LogP contribution >= 0.6 is 7.60 Å². The smallest absolute Gasteiger partial charge is 0.807 e. The van der Waals surface area contributed by atoms with Crippen LogP contribution in [0.4, 0.5) is 0 Å². The third-order valence-corrected chi connectivity index (χ3v) is 7.01. The van der Waals surface area contributed by atoms with E-state index in [0.717, 1.165) is 47.2 Å². The Bertz CT molecular complexity index is 1160. The quantitative estimate of drug-likeness (QED) is 0.328. The second kappa shape index (κ2) is 12.7. The predicted molar refractivity (Wildman–Crippen MR) is 133 cm³/mol. The van der Waals surface area contributed by atoms with E-state index >= 15 is 0 Å². The molecule has 6 nitrogen and oxygen atoms in total. The van der Waals surface area contributed by atoms with Crippen molar-refractivity contribution in [1.82, 2.24) is 4.57 Å². The Morgan fingerprint density at radius 1 is 1.00 bits per heavy atom. The molecule has 2 aromatic carbocycles. The minimum atomic E-state index is -4.95. The third kappa shape index (κ3) is 7.06. The molecule has 3 rings (SSSR count). The molecule has 0 unspecified atom stereocenters. The van der Waals surface area contributed by atoms with Crippen molar-refractivity contribution in [3.63, 3.8) is 0 Å². The molecule has 0 saturated carbocycles. The SMILES string of the molecule is CCCCc1c(CC(N)=O)c(Cc2c(CC)cccc2P(=O)([O-])[O-])cn1Cc1ccccc1.[Mg+2]. The molecule has 0 atom stereocenters. The zero-order valence-electron chi connectivity index (χ0n) is 20.0. The van der Waals surface area contributed by atoms with Crippen molar-refractivity contribution in [1.29, 1.82) is 0 Å². The van der Waals surface area contributed by atoms with E-state index in [1.807, 2.05) is 49.5 Å². The number of rotatable bonds is 11. The van der Waals surface area contributed by atoms with Crippen LogP contribution in [-0.4, -0.2) is 33.5 Å². The molecule has 0 radical (unpaired) electrons. The van der Waals surface area contributed by atoms with E-state index in [4.69, 9.17) is 5.73 Å². The monoisotopic (exact) mass is 490 g/mol. The second-order valence-corrected chi connectivity index (χ2v) is 9.86. The molecule has 176 valence electrons. The first-order valence-corrected chi connectivity index (χ1v) is 12.9. The van der Waals surface area contributed by atoms with Crippen molar-refractivity contribution in [2.45, 2.75) is 58.9 Å². The van der Waals surface area contributed by atoms with Gasteiger partial charge in [-0.25, -0.2) is 0 Å². The van der Waals surface area contributed by atoms with Crippen LogP contribution in [0.25, 0.3) is 0 Å². The van der Waals surface area contributed by atoms with Crippen LogP contribution < -0.4 is 20.8 Å². The molecule has 8 heteroatoms. The molecule has 0 aliphatic carbocycles. The fourth-order valence-electron chi connectivity index (χ4n) is 4.41. The van der Waals surface area contributed by atoms with Crippen molar-refractivity contribution in [2.75, 3.05) is 0 Å². The van der Waals surface area contributed by atoms with Crippen LogP contribution in [0.2, 0.25) is 0 Å². The van der Waals surface area contributed by atoms with Crippen molar-refractivity contribution < 1.29 is 19.1 Å². The van der Waals surface area contributed by atoms with Gasteiger partial charge in [0.25, 0.3) is 0 Å².